The molecule has 7 nitrogen and oxygen atoms in total. The average Bonchev–Trinajstić information content (AvgIpc) is 2.55. The van der Waals surface area contributed by atoms with Gasteiger partial charge in [-0.15, -0.1) is 0 Å². The summed E-state index contributed by atoms with van der Waals surface area (Å²) in [5.41, 5.74) is 0.692. The van der Waals surface area contributed by atoms with Gasteiger partial charge in [0.2, 0.25) is 0 Å². The van der Waals surface area contributed by atoms with Gasteiger partial charge in [-0.25, -0.2) is 4.39 Å². The maximum Gasteiger partial charge on any atom is 0.270 e. The largest absolute Gasteiger partial charge is 0.386 e. The quantitative estimate of drug-likeness (QED) is 0.490. The number of nitro benzene ring substituents is 1. The highest BCUT2D eigenvalue weighted by Crippen LogP contribution is 2.19. The Bertz CT molecular complexity index is 798. The molecule has 0 atom stereocenters. The van der Waals surface area contributed by atoms with Crippen LogP contribution in [0, 0.1) is 15.9 Å². The van der Waals surface area contributed by atoms with Crippen LogP contribution in [0.25, 0.3) is 0 Å². The van der Waals surface area contributed by atoms with E-state index >= 15 is 0 Å². The van der Waals surface area contributed by atoms with Crippen LogP contribution in [0.3, 0.4) is 0 Å². The molecule has 0 fully saturated rings. The molecule has 124 valence electrons. The van der Waals surface area contributed by atoms with Crippen LogP contribution >= 0.6 is 11.6 Å². The Hall–Kier alpha value is -3.00. The van der Waals surface area contributed by atoms with Gasteiger partial charge in [-0.3, -0.25) is 14.9 Å². The number of hydrogen-bond donors (Lipinski definition) is 1. The van der Waals surface area contributed by atoms with E-state index in [1.807, 2.05) is 0 Å². The van der Waals surface area contributed by atoms with Crippen LogP contribution in [-0.2, 0) is 9.63 Å². The number of halogens is 2. The van der Waals surface area contributed by atoms with Crippen molar-refractivity contribution >= 4 is 35.1 Å². The second-order valence-electron chi connectivity index (χ2n) is 4.54. The first kappa shape index (κ1) is 17.4. The highest BCUT2D eigenvalue weighted by atomic mass is 35.5. The Morgan fingerprint density at radius 2 is 2.17 bits per heavy atom. The highest BCUT2D eigenvalue weighted by molar-refractivity contribution is 6.31. The summed E-state index contributed by atoms with van der Waals surface area (Å²) in [4.78, 5) is 26.5. The van der Waals surface area contributed by atoms with Gasteiger partial charge in [0.1, 0.15) is 5.82 Å². The molecule has 2 aromatic carbocycles. The molecule has 2 aromatic rings. The number of non-ortho nitro benzene ring substituents is 1. The van der Waals surface area contributed by atoms with Crippen molar-refractivity contribution < 1.29 is 18.9 Å². The van der Waals surface area contributed by atoms with Gasteiger partial charge in [0.15, 0.2) is 6.61 Å². The lowest BCUT2D eigenvalue weighted by Crippen LogP contribution is -2.17. The Kier molecular flexibility index (Phi) is 5.80. The van der Waals surface area contributed by atoms with Crippen molar-refractivity contribution in [1.29, 1.82) is 0 Å². The number of hydrogen-bond acceptors (Lipinski definition) is 5. The summed E-state index contributed by atoms with van der Waals surface area (Å²) in [5, 5.41) is 16.5. The normalized spacial score (nSPS) is 10.6. The van der Waals surface area contributed by atoms with Crippen LogP contribution in [0.1, 0.15) is 5.56 Å². The summed E-state index contributed by atoms with van der Waals surface area (Å²) in [6, 6.07) is 9.50. The molecule has 0 aliphatic carbocycles. The first-order valence-electron chi connectivity index (χ1n) is 6.60. The fourth-order valence-corrected chi connectivity index (χ4v) is 1.86. The predicted molar refractivity (Wildman–Crippen MR) is 86.7 cm³/mol. The lowest BCUT2D eigenvalue weighted by atomic mass is 10.2. The van der Waals surface area contributed by atoms with Gasteiger partial charge in [-0.2, -0.15) is 0 Å². The van der Waals surface area contributed by atoms with Crippen molar-refractivity contribution in [3.05, 3.63) is 69.0 Å². The molecule has 0 aromatic heterocycles. The third-order valence-corrected chi connectivity index (χ3v) is 3.05. The number of oxime groups is 1. The van der Waals surface area contributed by atoms with Crippen LogP contribution in [0.2, 0.25) is 5.02 Å². The summed E-state index contributed by atoms with van der Waals surface area (Å²) in [5.74, 6) is -1.11. The van der Waals surface area contributed by atoms with Gasteiger partial charge in [0.25, 0.3) is 11.6 Å². The Morgan fingerprint density at radius 1 is 1.38 bits per heavy atom. The van der Waals surface area contributed by atoms with Crippen LogP contribution in [0.4, 0.5) is 15.8 Å². The summed E-state index contributed by atoms with van der Waals surface area (Å²) in [6.45, 7) is -0.388. The Morgan fingerprint density at radius 3 is 2.88 bits per heavy atom. The number of carbonyl (C=O) groups is 1. The number of carbonyl (C=O) groups excluding carboxylic acids is 1. The molecule has 9 heteroatoms. The molecule has 0 heterocycles. The van der Waals surface area contributed by atoms with E-state index in [1.54, 1.807) is 6.07 Å². The first-order valence-corrected chi connectivity index (χ1v) is 6.98. The Labute approximate surface area is 140 Å². The summed E-state index contributed by atoms with van der Waals surface area (Å²) >= 11 is 5.60. The monoisotopic (exact) mass is 351 g/mol. The van der Waals surface area contributed by atoms with Crippen LogP contribution in [0.15, 0.2) is 47.6 Å². The molecule has 0 saturated heterocycles. The molecule has 0 saturated carbocycles. The third-order valence-electron chi connectivity index (χ3n) is 2.76. The average molecular weight is 352 g/mol. The lowest BCUT2D eigenvalue weighted by molar-refractivity contribution is -0.384. The van der Waals surface area contributed by atoms with Crippen LogP contribution in [-0.4, -0.2) is 23.7 Å². The van der Waals surface area contributed by atoms with Gasteiger partial charge < -0.3 is 10.2 Å². The minimum atomic E-state index is -0.590. The van der Waals surface area contributed by atoms with Crippen molar-refractivity contribution in [2.45, 2.75) is 0 Å². The van der Waals surface area contributed by atoms with Crippen molar-refractivity contribution in [2.75, 3.05) is 11.9 Å². The maximum atomic E-state index is 13.0. The third kappa shape index (κ3) is 5.03. The molecule has 0 radical (unpaired) electrons. The fraction of sp³-hybridized carbons (Fsp3) is 0.0667. The van der Waals surface area contributed by atoms with E-state index in [2.05, 4.69) is 10.5 Å². The number of rotatable bonds is 6. The molecule has 2 rings (SSSR count). The summed E-state index contributed by atoms with van der Waals surface area (Å²) in [7, 11) is 0. The lowest BCUT2D eigenvalue weighted by Gasteiger charge is -2.05. The zero-order valence-electron chi connectivity index (χ0n) is 12.1. The predicted octanol–water partition coefficient (Wildman–Crippen LogP) is 3.38. The molecule has 0 unspecified atom stereocenters. The molecule has 1 N–H and O–H groups in total. The van der Waals surface area contributed by atoms with Gasteiger partial charge in [-0.1, -0.05) is 28.9 Å². The summed E-state index contributed by atoms with van der Waals surface area (Å²) < 4.78 is 13.0. The van der Waals surface area contributed by atoms with E-state index in [0.717, 1.165) is 6.07 Å². The number of nitrogens with one attached hydrogen (secondary N) is 1. The number of benzene rings is 2. The number of anilines is 1. The number of nitrogens with zero attached hydrogens (tertiary/aromatic N) is 2. The molecule has 0 bridgehead atoms. The molecular formula is C15H11ClFN3O4. The molecule has 0 spiro atoms. The minimum Gasteiger partial charge on any atom is -0.386 e. The molecule has 1 amide bonds. The first-order chi connectivity index (χ1) is 11.5. The highest BCUT2D eigenvalue weighted by Gasteiger charge is 2.06. The minimum absolute atomic E-state index is 0.0788. The van der Waals surface area contributed by atoms with Crippen LogP contribution < -0.4 is 5.32 Å². The second kappa shape index (κ2) is 8.02. The van der Waals surface area contributed by atoms with Crippen LogP contribution in [0.5, 0.6) is 0 Å². The van der Waals surface area contributed by atoms with Gasteiger partial charge in [0.05, 0.1) is 16.2 Å². The molecule has 24 heavy (non-hydrogen) atoms. The van der Waals surface area contributed by atoms with E-state index in [4.69, 9.17) is 16.4 Å². The van der Waals surface area contributed by atoms with E-state index in [0.29, 0.717) is 11.3 Å². The van der Waals surface area contributed by atoms with Gasteiger partial charge >= 0.3 is 0 Å². The van der Waals surface area contributed by atoms with Crippen molar-refractivity contribution in [2.24, 2.45) is 5.16 Å². The Balaban J connectivity index is 1.84. The zero-order chi connectivity index (χ0) is 17.5. The topological polar surface area (TPSA) is 93.8 Å². The molecule has 0 aliphatic heterocycles. The van der Waals surface area contributed by atoms with Crippen molar-refractivity contribution in [1.82, 2.24) is 0 Å². The van der Waals surface area contributed by atoms with Gasteiger partial charge in [-0.05, 0) is 18.2 Å². The number of nitro groups is 1. The molecular weight excluding hydrogens is 341 g/mol. The summed E-state index contributed by atoms with van der Waals surface area (Å²) in [6.07, 6.45) is 1.25. The number of amides is 1. The van der Waals surface area contributed by atoms with Crippen molar-refractivity contribution in [3.8, 4) is 0 Å². The van der Waals surface area contributed by atoms with Crippen molar-refractivity contribution in [3.63, 3.8) is 0 Å². The maximum absolute atomic E-state index is 13.0. The van der Waals surface area contributed by atoms with E-state index in [-0.39, 0.29) is 17.3 Å². The van der Waals surface area contributed by atoms with E-state index < -0.39 is 16.6 Å². The van der Waals surface area contributed by atoms with E-state index in [9.17, 15) is 19.3 Å². The van der Waals surface area contributed by atoms with Gasteiger partial charge in [0, 0.05) is 23.4 Å². The zero-order valence-corrected chi connectivity index (χ0v) is 12.9. The standard InChI is InChI=1S/C15H11ClFN3O4/c16-13-7-11(4-5-14(13)17)19-15(21)9-24-18-8-10-2-1-3-12(6-10)20(22)23/h1-8H,9H2,(H,19,21)/b18-8-. The second-order valence-corrected chi connectivity index (χ2v) is 4.94. The fourth-order valence-electron chi connectivity index (χ4n) is 1.68. The smallest absolute Gasteiger partial charge is 0.270 e. The molecule has 0 aliphatic rings. The van der Waals surface area contributed by atoms with E-state index in [1.165, 1.54) is 36.5 Å². The SMILES string of the molecule is O=C(CO/N=C\c1cccc([N+](=O)[O-])c1)Nc1ccc(F)c(Cl)c1.